The molecule has 4 nitrogen and oxygen atoms in total. The Morgan fingerprint density at radius 3 is 2.69 bits per heavy atom. The first-order chi connectivity index (χ1) is 6.24. The van der Waals surface area contributed by atoms with Crippen molar-refractivity contribution in [2.45, 2.75) is 25.8 Å². The largest absolute Gasteiger partial charge is 0.381 e. The molecule has 0 aromatic rings. The van der Waals surface area contributed by atoms with Gasteiger partial charge in [-0.15, -0.1) is 0 Å². The van der Waals surface area contributed by atoms with Crippen LogP contribution in [0.5, 0.6) is 0 Å². The molecule has 13 heavy (non-hydrogen) atoms. The van der Waals surface area contributed by atoms with E-state index in [9.17, 15) is 0 Å². The molecular weight excluding hydrogens is 186 g/mol. The number of hydrogen-bond donors (Lipinski definition) is 3. The molecule has 1 heterocycles. The van der Waals surface area contributed by atoms with E-state index in [4.69, 9.17) is 22.8 Å². The highest BCUT2D eigenvalue weighted by Crippen LogP contribution is 2.18. The van der Waals surface area contributed by atoms with E-state index in [1.54, 1.807) is 0 Å². The van der Waals surface area contributed by atoms with Crippen LogP contribution in [0.15, 0.2) is 0 Å². The second kappa shape index (κ2) is 5.36. The van der Waals surface area contributed by atoms with Gasteiger partial charge >= 0.3 is 0 Å². The van der Waals surface area contributed by atoms with E-state index < -0.39 is 0 Å². The van der Waals surface area contributed by atoms with Crippen molar-refractivity contribution in [1.29, 1.82) is 0 Å². The van der Waals surface area contributed by atoms with E-state index in [1.807, 2.05) is 0 Å². The standard InChI is InChI=1S/C8H17N3OS/c1-6(10-8(13)11-9)7-2-4-12-5-3-7/h6-7H,2-5,9H2,1H3,(H2,10,11,13). The maximum atomic E-state index is 5.28. The third-order valence-corrected chi connectivity index (χ3v) is 2.70. The SMILES string of the molecule is CC(NC(=S)NN)C1CCOCC1. The first kappa shape index (κ1) is 10.7. The van der Waals surface area contributed by atoms with Gasteiger partial charge in [0.1, 0.15) is 0 Å². The average molecular weight is 203 g/mol. The van der Waals surface area contributed by atoms with E-state index in [0.717, 1.165) is 26.1 Å². The monoisotopic (exact) mass is 203 g/mol. The molecule has 1 saturated heterocycles. The van der Waals surface area contributed by atoms with E-state index in [-0.39, 0.29) is 0 Å². The molecule has 1 atom stereocenters. The number of nitrogens with one attached hydrogen (secondary N) is 2. The zero-order valence-electron chi connectivity index (χ0n) is 7.88. The average Bonchev–Trinajstić information content (AvgIpc) is 2.19. The summed E-state index contributed by atoms with van der Waals surface area (Å²) in [6, 6.07) is 0.368. The van der Waals surface area contributed by atoms with Crippen LogP contribution in [-0.4, -0.2) is 24.4 Å². The Bertz CT molecular complexity index is 171. The Kier molecular flexibility index (Phi) is 4.41. The van der Waals surface area contributed by atoms with Crippen LogP contribution in [0, 0.1) is 5.92 Å². The maximum absolute atomic E-state index is 5.28. The predicted octanol–water partition coefficient (Wildman–Crippen LogP) is 0.139. The first-order valence-electron chi connectivity index (χ1n) is 4.59. The lowest BCUT2D eigenvalue weighted by atomic mass is 9.93. The van der Waals surface area contributed by atoms with Gasteiger partial charge < -0.3 is 15.5 Å². The van der Waals surface area contributed by atoms with Gasteiger partial charge in [0.15, 0.2) is 5.11 Å². The number of rotatable bonds is 2. The molecule has 1 rings (SSSR count). The summed E-state index contributed by atoms with van der Waals surface area (Å²) >= 11 is 4.92. The highest BCUT2D eigenvalue weighted by molar-refractivity contribution is 7.80. The lowest BCUT2D eigenvalue weighted by molar-refractivity contribution is 0.0582. The summed E-state index contributed by atoms with van der Waals surface area (Å²) in [5, 5.41) is 3.65. The minimum absolute atomic E-state index is 0.368. The lowest BCUT2D eigenvalue weighted by Gasteiger charge is -2.28. The molecule has 0 amide bonds. The molecule has 1 aliphatic heterocycles. The summed E-state index contributed by atoms with van der Waals surface area (Å²) in [5.74, 6) is 5.81. The zero-order valence-corrected chi connectivity index (χ0v) is 8.69. The van der Waals surface area contributed by atoms with E-state index in [1.165, 1.54) is 0 Å². The molecule has 0 aromatic carbocycles. The van der Waals surface area contributed by atoms with E-state index in [2.05, 4.69) is 17.7 Å². The molecule has 5 heteroatoms. The van der Waals surface area contributed by atoms with Crippen LogP contribution >= 0.6 is 12.2 Å². The van der Waals surface area contributed by atoms with Crippen LogP contribution in [-0.2, 0) is 4.74 Å². The van der Waals surface area contributed by atoms with Crippen molar-refractivity contribution < 1.29 is 4.74 Å². The number of thiocarbonyl (C=S) groups is 1. The van der Waals surface area contributed by atoms with Gasteiger partial charge in [0.2, 0.25) is 0 Å². The fourth-order valence-electron chi connectivity index (χ4n) is 1.58. The number of hydrazine groups is 1. The Morgan fingerprint density at radius 1 is 1.54 bits per heavy atom. The van der Waals surface area contributed by atoms with Gasteiger partial charge in [0.25, 0.3) is 0 Å². The summed E-state index contributed by atoms with van der Waals surface area (Å²) in [6.07, 6.45) is 2.20. The predicted molar refractivity (Wildman–Crippen MR) is 56.1 cm³/mol. The summed E-state index contributed by atoms with van der Waals surface area (Å²) in [5.41, 5.74) is 2.42. The topological polar surface area (TPSA) is 59.3 Å². The molecule has 1 fully saturated rings. The Hall–Kier alpha value is -0.390. The second-order valence-corrected chi connectivity index (χ2v) is 3.76. The lowest BCUT2D eigenvalue weighted by Crippen LogP contribution is -2.47. The van der Waals surface area contributed by atoms with E-state index in [0.29, 0.717) is 17.1 Å². The Morgan fingerprint density at radius 2 is 2.15 bits per heavy atom. The van der Waals surface area contributed by atoms with Crippen LogP contribution < -0.4 is 16.6 Å². The summed E-state index contributed by atoms with van der Waals surface area (Å²) in [4.78, 5) is 0. The van der Waals surface area contributed by atoms with Crippen LogP contribution in [0.3, 0.4) is 0 Å². The fraction of sp³-hybridized carbons (Fsp3) is 0.875. The van der Waals surface area contributed by atoms with Gasteiger partial charge in [-0.2, -0.15) is 0 Å². The van der Waals surface area contributed by atoms with Crippen LogP contribution in [0.2, 0.25) is 0 Å². The Balaban J connectivity index is 2.28. The van der Waals surface area contributed by atoms with Crippen LogP contribution in [0.25, 0.3) is 0 Å². The van der Waals surface area contributed by atoms with Crippen molar-refractivity contribution in [3.05, 3.63) is 0 Å². The summed E-state index contributed by atoms with van der Waals surface area (Å²) < 4.78 is 5.28. The molecule has 0 bridgehead atoms. The van der Waals surface area contributed by atoms with Crippen molar-refractivity contribution in [3.8, 4) is 0 Å². The van der Waals surface area contributed by atoms with E-state index >= 15 is 0 Å². The molecule has 0 saturated carbocycles. The van der Waals surface area contributed by atoms with Crippen LogP contribution in [0.4, 0.5) is 0 Å². The van der Waals surface area contributed by atoms with Crippen molar-refractivity contribution in [2.24, 2.45) is 11.8 Å². The summed E-state index contributed by atoms with van der Waals surface area (Å²) in [7, 11) is 0. The summed E-state index contributed by atoms with van der Waals surface area (Å²) in [6.45, 7) is 3.85. The molecule has 0 aromatic heterocycles. The second-order valence-electron chi connectivity index (χ2n) is 3.36. The molecule has 0 radical (unpaired) electrons. The van der Waals surface area contributed by atoms with Gasteiger partial charge in [-0.1, -0.05) is 0 Å². The molecule has 0 aliphatic carbocycles. The normalized spacial score (nSPS) is 20.8. The van der Waals surface area contributed by atoms with Gasteiger partial charge in [-0.25, -0.2) is 5.84 Å². The molecular formula is C8H17N3OS. The molecule has 76 valence electrons. The van der Waals surface area contributed by atoms with Crippen molar-refractivity contribution >= 4 is 17.3 Å². The van der Waals surface area contributed by atoms with Gasteiger partial charge in [0.05, 0.1) is 0 Å². The fourth-order valence-corrected chi connectivity index (χ4v) is 1.77. The highest BCUT2D eigenvalue weighted by Gasteiger charge is 2.20. The maximum Gasteiger partial charge on any atom is 0.180 e. The number of hydrogen-bond acceptors (Lipinski definition) is 3. The number of ether oxygens (including phenoxy) is 1. The zero-order chi connectivity index (χ0) is 9.68. The minimum atomic E-state index is 0.368. The van der Waals surface area contributed by atoms with Crippen molar-refractivity contribution in [1.82, 2.24) is 10.7 Å². The highest BCUT2D eigenvalue weighted by atomic mass is 32.1. The molecule has 1 aliphatic rings. The van der Waals surface area contributed by atoms with Gasteiger partial charge in [0, 0.05) is 19.3 Å². The third kappa shape index (κ3) is 3.46. The van der Waals surface area contributed by atoms with Gasteiger partial charge in [-0.05, 0) is 37.9 Å². The molecule has 0 spiro atoms. The van der Waals surface area contributed by atoms with Gasteiger partial charge in [-0.3, -0.25) is 0 Å². The first-order valence-corrected chi connectivity index (χ1v) is 4.99. The number of nitrogens with two attached hydrogens (primary N) is 1. The third-order valence-electron chi connectivity index (χ3n) is 2.46. The Labute approximate surface area is 84.2 Å². The van der Waals surface area contributed by atoms with Crippen LogP contribution in [0.1, 0.15) is 19.8 Å². The smallest absolute Gasteiger partial charge is 0.180 e. The van der Waals surface area contributed by atoms with Crippen molar-refractivity contribution in [3.63, 3.8) is 0 Å². The quantitative estimate of drug-likeness (QED) is 0.338. The molecule has 1 unspecified atom stereocenters. The minimum Gasteiger partial charge on any atom is -0.381 e. The van der Waals surface area contributed by atoms with Crippen molar-refractivity contribution in [2.75, 3.05) is 13.2 Å². The molecule has 4 N–H and O–H groups in total.